The van der Waals surface area contributed by atoms with Crippen molar-refractivity contribution in [1.82, 2.24) is 14.4 Å². The van der Waals surface area contributed by atoms with Crippen molar-refractivity contribution in [3.63, 3.8) is 0 Å². The Balaban J connectivity index is 0.00000556. The quantitative estimate of drug-likeness (QED) is 0.106. The van der Waals surface area contributed by atoms with Gasteiger partial charge in [0.15, 0.2) is 0 Å². The van der Waals surface area contributed by atoms with Crippen molar-refractivity contribution < 1.29 is 25.8 Å². The minimum absolute atomic E-state index is 0. The Labute approximate surface area is 456 Å². The first-order valence-electron chi connectivity index (χ1n) is 26.9. The van der Waals surface area contributed by atoms with Crippen molar-refractivity contribution in [1.29, 1.82) is 0 Å². The van der Waals surface area contributed by atoms with Gasteiger partial charge >= 0.3 is 6.85 Å². The van der Waals surface area contributed by atoms with Gasteiger partial charge < -0.3 is 23.9 Å². The topological polar surface area (TPSA) is 36.8 Å². The molecule has 378 valence electrons. The van der Waals surface area contributed by atoms with Gasteiger partial charge in [-0.1, -0.05) is 138 Å². The molecule has 0 radical (unpaired) electrons. The molecule has 5 heterocycles. The SMILES string of the molecule is CC(C)(C)c1cc(Oc2[c-]c3c(cc2)c2ccccc2n3-c2cc(C3(C4=CC=CN5C=CC=CB45)C4CC5CC(C4)CC3C5)ccn2)[c-]c(N2[CH-]N(c3c([Si](C)(C)C)cccc3[Si](C)(C)C)c3ccccc32)c1.[Pt]. The Morgan fingerprint density at radius 1 is 0.689 bits per heavy atom. The fourth-order valence-electron chi connectivity index (χ4n) is 14.4. The van der Waals surface area contributed by atoms with Gasteiger partial charge in [-0.05, 0) is 137 Å². The van der Waals surface area contributed by atoms with Gasteiger partial charge in [0.25, 0.3) is 0 Å². The smallest absolute Gasteiger partial charge is 0.316 e. The van der Waals surface area contributed by atoms with E-state index in [1.165, 1.54) is 70.4 Å². The van der Waals surface area contributed by atoms with Gasteiger partial charge in [-0.3, -0.25) is 0 Å². The molecule has 0 N–H and O–H groups in total. The van der Waals surface area contributed by atoms with Crippen molar-refractivity contribution in [2.75, 3.05) is 9.80 Å². The predicted octanol–water partition coefficient (Wildman–Crippen LogP) is 15.0. The van der Waals surface area contributed by atoms with Crippen molar-refractivity contribution in [3.05, 3.63) is 187 Å². The molecule has 0 spiro atoms. The summed E-state index contributed by atoms with van der Waals surface area (Å²) in [5.41, 5.74) is 10.6. The molecule has 5 aromatic carbocycles. The number of nitrogens with zero attached hydrogens (tertiary/aromatic N) is 5. The summed E-state index contributed by atoms with van der Waals surface area (Å²) in [5, 5.41) is 5.27. The third-order valence-electron chi connectivity index (χ3n) is 17.4. The second-order valence-corrected chi connectivity index (χ2v) is 35.2. The van der Waals surface area contributed by atoms with E-state index in [2.05, 4.69) is 250 Å². The van der Waals surface area contributed by atoms with Crippen LogP contribution in [-0.2, 0) is 31.9 Å². The maximum absolute atomic E-state index is 7.05. The Bertz CT molecular complexity index is 3440. The van der Waals surface area contributed by atoms with E-state index in [1.54, 1.807) is 5.47 Å². The second-order valence-electron chi connectivity index (χ2n) is 25.1. The van der Waals surface area contributed by atoms with Gasteiger partial charge in [-0.2, -0.15) is 6.07 Å². The van der Waals surface area contributed by atoms with Crippen LogP contribution in [0.1, 0.15) is 64.0 Å². The molecule has 7 aromatic rings. The molecule has 4 aliphatic carbocycles. The molecule has 2 aromatic heterocycles. The molecule has 14 rings (SSSR count). The molecule has 4 fully saturated rings. The van der Waals surface area contributed by atoms with Crippen LogP contribution < -0.4 is 24.9 Å². The standard InChI is InChI=1S/C64H67BN5OSi2.Pt/c1-63(2,3)46-37-49(68-42-69(56-21-13-12-20-55(56)68)62-58(72(4,5)6)22-16-23-59(62)73(7,8)9)40-51(38-46)71-50-25-26-53-52-18-10-11-19-54(52)70(57(53)41-50)61-39-45(27-29-66-61)64(47-33-43-32-44(35-47)36-48(64)34-43)60-24-17-31-67-30-15-14-28-65(60)67;/h10-31,37-39,42-44,47-48H,32-36H2,1-9H3;/q-3;. The van der Waals surface area contributed by atoms with Crippen LogP contribution in [0, 0.1) is 42.5 Å². The summed E-state index contributed by atoms with van der Waals surface area (Å²) >= 11 is 0. The summed E-state index contributed by atoms with van der Waals surface area (Å²) in [4.78, 5) is 12.5. The fraction of sp³-hybridized carbons (Fsp3) is 0.312. The third kappa shape index (κ3) is 8.00. The van der Waals surface area contributed by atoms with E-state index < -0.39 is 16.1 Å². The summed E-state index contributed by atoms with van der Waals surface area (Å²) in [6.07, 6.45) is 22.4. The fourth-order valence-corrected chi connectivity index (χ4v) is 17.7. The first-order chi connectivity index (χ1) is 35.0. The summed E-state index contributed by atoms with van der Waals surface area (Å²) in [5.74, 6) is 7.55. The van der Waals surface area contributed by atoms with E-state index in [0.29, 0.717) is 23.3 Å². The maximum atomic E-state index is 7.05. The van der Waals surface area contributed by atoms with Gasteiger partial charge in [-0.25, -0.2) is 4.98 Å². The molecule has 0 atom stereocenters. The van der Waals surface area contributed by atoms with Crippen LogP contribution in [0.3, 0.4) is 0 Å². The molecule has 7 aliphatic rings. The van der Waals surface area contributed by atoms with Crippen molar-refractivity contribution in [2.45, 2.75) is 103 Å². The number of para-hydroxylation sites is 4. The average Bonchev–Trinajstić information content (AvgIpc) is 3.91. The van der Waals surface area contributed by atoms with Crippen LogP contribution in [0.5, 0.6) is 11.5 Å². The average molecular weight is 1180 g/mol. The summed E-state index contributed by atoms with van der Waals surface area (Å²) in [6, 6.07) is 45.9. The molecule has 6 nitrogen and oxygen atoms in total. The van der Waals surface area contributed by atoms with Crippen LogP contribution in [0.25, 0.3) is 27.6 Å². The van der Waals surface area contributed by atoms with Crippen molar-refractivity contribution in [3.8, 4) is 17.3 Å². The number of benzene rings is 5. The van der Waals surface area contributed by atoms with E-state index in [0.717, 1.165) is 45.4 Å². The van der Waals surface area contributed by atoms with Crippen molar-refractivity contribution in [2.24, 2.45) is 23.7 Å². The molecule has 4 saturated carbocycles. The zero-order chi connectivity index (χ0) is 50.2. The number of pyridine rings is 1. The minimum atomic E-state index is -1.76. The normalized spacial score (nSPS) is 22.9. The number of hydrogen-bond acceptors (Lipinski definition) is 5. The predicted molar refractivity (Wildman–Crippen MR) is 311 cm³/mol. The largest absolute Gasteiger partial charge is 0.509 e. The van der Waals surface area contributed by atoms with E-state index in [4.69, 9.17) is 9.72 Å². The zero-order valence-electron chi connectivity index (χ0n) is 44.4. The molecular formula is C64H67BN5OPtSi2-3. The van der Waals surface area contributed by atoms with Crippen LogP contribution >= 0.6 is 0 Å². The van der Waals surface area contributed by atoms with Crippen molar-refractivity contribution >= 4 is 77.9 Å². The number of rotatable bonds is 9. The second kappa shape index (κ2) is 18.0. The molecule has 4 bridgehead atoms. The Morgan fingerprint density at radius 2 is 1.36 bits per heavy atom. The van der Waals surface area contributed by atoms with Gasteiger partial charge in [-0.15, -0.1) is 53.6 Å². The number of anilines is 4. The molecule has 10 heteroatoms. The van der Waals surface area contributed by atoms with Crippen LogP contribution in [0.15, 0.2) is 157 Å². The number of ether oxygens (including phenoxy) is 1. The molecule has 0 unspecified atom stereocenters. The maximum Gasteiger partial charge on any atom is 0.316 e. The molecule has 74 heavy (non-hydrogen) atoms. The van der Waals surface area contributed by atoms with Gasteiger partial charge in [0.2, 0.25) is 0 Å². The van der Waals surface area contributed by atoms with Gasteiger partial charge in [0, 0.05) is 66.8 Å². The zero-order valence-corrected chi connectivity index (χ0v) is 48.7. The molecular weight excluding hydrogens is 1120 g/mol. The number of aromatic nitrogens is 2. The number of fused-ring (bicyclic) bond motifs is 5. The van der Waals surface area contributed by atoms with E-state index in [9.17, 15) is 0 Å². The Kier molecular flexibility index (Phi) is 12.0. The van der Waals surface area contributed by atoms with Crippen LogP contribution in [-0.4, -0.2) is 37.4 Å². The Morgan fingerprint density at radius 3 is 2.07 bits per heavy atom. The van der Waals surface area contributed by atoms with E-state index in [-0.39, 0.29) is 38.7 Å². The van der Waals surface area contributed by atoms with Crippen LogP contribution in [0.2, 0.25) is 39.3 Å². The summed E-state index contributed by atoms with van der Waals surface area (Å²) in [6.45, 7) is 24.2. The third-order valence-corrected chi connectivity index (χ3v) is 21.5. The number of hydrogen-bond donors (Lipinski definition) is 0. The summed E-state index contributed by atoms with van der Waals surface area (Å²) < 4.78 is 9.39. The first kappa shape index (κ1) is 49.3. The minimum Gasteiger partial charge on any atom is -0.509 e. The summed E-state index contributed by atoms with van der Waals surface area (Å²) in [7, 11) is -3.52. The first-order valence-corrected chi connectivity index (χ1v) is 33.9. The van der Waals surface area contributed by atoms with Crippen LogP contribution in [0.4, 0.5) is 22.7 Å². The molecule has 3 aliphatic heterocycles. The van der Waals surface area contributed by atoms with Gasteiger partial charge in [0.1, 0.15) is 5.82 Å². The molecule has 0 amide bonds. The van der Waals surface area contributed by atoms with E-state index in [1.807, 2.05) is 0 Å². The van der Waals surface area contributed by atoms with Gasteiger partial charge in [0.05, 0.1) is 16.1 Å². The monoisotopic (exact) mass is 1180 g/mol. The Hall–Kier alpha value is -5.60. The molecule has 0 saturated heterocycles. The number of allylic oxidation sites excluding steroid dienone is 5. The van der Waals surface area contributed by atoms with E-state index >= 15 is 0 Å².